The summed E-state index contributed by atoms with van der Waals surface area (Å²) in [5.41, 5.74) is 3.11. The second kappa shape index (κ2) is 5.93. The number of amides is 1. The van der Waals surface area contributed by atoms with Gasteiger partial charge in [0.2, 0.25) is 5.91 Å². The maximum atomic E-state index is 12.2. The lowest BCUT2D eigenvalue weighted by atomic mass is 10.1. The lowest BCUT2D eigenvalue weighted by Gasteiger charge is -2.17. The normalized spacial score (nSPS) is 10.3. The van der Waals surface area contributed by atoms with E-state index in [1.165, 1.54) is 5.56 Å². The van der Waals surface area contributed by atoms with Gasteiger partial charge in [-0.05, 0) is 36.8 Å². The lowest BCUT2D eigenvalue weighted by molar-refractivity contribution is -0.117. The Morgan fingerprint density at radius 3 is 2.21 bits per heavy atom. The van der Waals surface area contributed by atoms with E-state index in [0.29, 0.717) is 6.42 Å². The number of carbonyl (C=O) groups excluding carboxylic acids is 1. The van der Waals surface area contributed by atoms with Crippen molar-refractivity contribution >= 4 is 24.2 Å². The molecule has 19 heavy (non-hydrogen) atoms. The summed E-state index contributed by atoms with van der Waals surface area (Å²) < 4.78 is 0. The number of aryl methyl sites for hydroxylation is 1. The van der Waals surface area contributed by atoms with Gasteiger partial charge in [0.25, 0.3) is 0 Å². The minimum atomic E-state index is 0.0794. The number of hydrogen-bond donors (Lipinski definition) is 1. The molecular weight excluding hydrogens is 254 g/mol. The van der Waals surface area contributed by atoms with Gasteiger partial charge in [0.15, 0.2) is 0 Å². The fourth-order valence-electron chi connectivity index (χ4n) is 1.82. The van der Waals surface area contributed by atoms with E-state index in [1.54, 1.807) is 11.9 Å². The summed E-state index contributed by atoms with van der Waals surface area (Å²) in [6.07, 6.45) is 0.401. The Bertz CT molecular complexity index is 560. The van der Waals surface area contributed by atoms with Crippen molar-refractivity contribution in [2.24, 2.45) is 0 Å². The maximum Gasteiger partial charge on any atom is 0.231 e. The minimum Gasteiger partial charge on any atom is -0.315 e. The van der Waals surface area contributed by atoms with Crippen LogP contribution in [-0.2, 0) is 11.2 Å². The standard InChI is InChI=1S/C16H17NOS/c1-12-3-7-14(8-4-12)17(2)16(18)11-13-5-9-15(19)10-6-13/h3-10,19H,11H2,1-2H3. The number of rotatable bonds is 3. The predicted octanol–water partition coefficient (Wildman–Crippen LogP) is 3.49. The van der Waals surface area contributed by atoms with E-state index in [-0.39, 0.29) is 5.91 Å². The third kappa shape index (κ3) is 3.61. The average Bonchev–Trinajstić information content (AvgIpc) is 2.41. The molecule has 2 rings (SSSR count). The highest BCUT2D eigenvalue weighted by Crippen LogP contribution is 2.15. The van der Waals surface area contributed by atoms with Crippen molar-refractivity contribution in [2.45, 2.75) is 18.2 Å². The Morgan fingerprint density at radius 2 is 1.63 bits per heavy atom. The van der Waals surface area contributed by atoms with Crippen LogP contribution in [0.25, 0.3) is 0 Å². The molecule has 0 bridgehead atoms. The van der Waals surface area contributed by atoms with Gasteiger partial charge in [-0.2, -0.15) is 0 Å². The van der Waals surface area contributed by atoms with Gasteiger partial charge in [-0.3, -0.25) is 4.79 Å². The molecule has 0 aliphatic rings. The molecule has 98 valence electrons. The molecule has 0 aliphatic carbocycles. The molecule has 0 unspecified atom stereocenters. The third-order valence-corrected chi connectivity index (χ3v) is 3.39. The van der Waals surface area contributed by atoms with Crippen molar-refractivity contribution in [3.8, 4) is 0 Å². The topological polar surface area (TPSA) is 20.3 Å². The molecule has 0 saturated carbocycles. The minimum absolute atomic E-state index is 0.0794. The first kappa shape index (κ1) is 13.7. The van der Waals surface area contributed by atoms with Crippen molar-refractivity contribution in [3.63, 3.8) is 0 Å². The molecule has 3 heteroatoms. The molecule has 0 atom stereocenters. The number of likely N-dealkylation sites (N-methyl/N-ethyl adjacent to an activating group) is 1. The van der Waals surface area contributed by atoms with Crippen molar-refractivity contribution in [1.82, 2.24) is 0 Å². The largest absolute Gasteiger partial charge is 0.315 e. The Balaban J connectivity index is 2.07. The van der Waals surface area contributed by atoms with Gasteiger partial charge in [-0.15, -0.1) is 12.6 Å². The molecule has 2 nitrogen and oxygen atoms in total. The van der Waals surface area contributed by atoms with E-state index in [2.05, 4.69) is 12.6 Å². The summed E-state index contributed by atoms with van der Waals surface area (Å²) in [5, 5.41) is 0. The van der Waals surface area contributed by atoms with E-state index in [4.69, 9.17) is 0 Å². The van der Waals surface area contributed by atoms with Gasteiger partial charge in [-0.1, -0.05) is 29.8 Å². The fraction of sp³-hybridized carbons (Fsp3) is 0.188. The van der Waals surface area contributed by atoms with Crippen molar-refractivity contribution in [1.29, 1.82) is 0 Å². The number of hydrogen-bond acceptors (Lipinski definition) is 2. The fourth-order valence-corrected chi connectivity index (χ4v) is 1.97. The predicted molar refractivity (Wildman–Crippen MR) is 82.0 cm³/mol. The van der Waals surface area contributed by atoms with Crippen LogP contribution in [0.4, 0.5) is 5.69 Å². The van der Waals surface area contributed by atoms with Crippen molar-refractivity contribution < 1.29 is 4.79 Å². The molecule has 0 spiro atoms. The van der Waals surface area contributed by atoms with E-state index in [9.17, 15) is 4.79 Å². The molecule has 1 amide bonds. The maximum absolute atomic E-state index is 12.2. The Morgan fingerprint density at radius 1 is 1.05 bits per heavy atom. The van der Waals surface area contributed by atoms with E-state index in [0.717, 1.165) is 16.1 Å². The van der Waals surface area contributed by atoms with Gasteiger partial charge in [0, 0.05) is 17.6 Å². The van der Waals surface area contributed by atoms with E-state index < -0.39 is 0 Å². The molecule has 2 aromatic rings. The van der Waals surface area contributed by atoms with Crippen LogP contribution in [0.15, 0.2) is 53.4 Å². The van der Waals surface area contributed by atoms with E-state index >= 15 is 0 Å². The van der Waals surface area contributed by atoms with Crippen LogP contribution in [0.3, 0.4) is 0 Å². The van der Waals surface area contributed by atoms with Crippen LogP contribution in [0.1, 0.15) is 11.1 Å². The van der Waals surface area contributed by atoms with Gasteiger partial charge in [0.1, 0.15) is 0 Å². The highest BCUT2D eigenvalue weighted by atomic mass is 32.1. The zero-order valence-corrected chi connectivity index (χ0v) is 12.0. The molecule has 0 heterocycles. The third-order valence-electron chi connectivity index (χ3n) is 3.09. The number of carbonyl (C=O) groups is 1. The zero-order valence-electron chi connectivity index (χ0n) is 11.1. The summed E-state index contributed by atoms with van der Waals surface area (Å²) in [4.78, 5) is 14.8. The molecule has 2 aromatic carbocycles. The number of benzene rings is 2. The quantitative estimate of drug-likeness (QED) is 0.847. The summed E-state index contributed by atoms with van der Waals surface area (Å²) in [5.74, 6) is 0.0794. The van der Waals surface area contributed by atoms with Gasteiger partial charge >= 0.3 is 0 Å². The summed E-state index contributed by atoms with van der Waals surface area (Å²) >= 11 is 4.23. The summed E-state index contributed by atoms with van der Waals surface area (Å²) in [6, 6.07) is 15.6. The Labute approximate surface area is 119 Å². The van der Waals surface area contributed by atoms with Gasteiger partial charge < -0.3 is 4.90 Å². The molecule has 0 N–H and O–H groups in total. The first-order valence-corrected chi connectivity index (χ1v) is 6.62. The molecule has 0 fully saturated rings. The first-order chi connectivity index (χ1) is 9.06. The second-order valence-electron chi connectivity index (χ2n) is 4.63. The van der Waals surface area contributed by atoms with Crippen LogP contribution >= 0.6 is 12.6 Å². The average molecular weight is 271 g/mol. The van der Waals surface area contributed by atoms with Crippen LogP contribution < -0.4 is 4.90 Å². The Hall–Kier alpha value is -1.74. The lowest BCUT2D eigenvalue weighted by Crippen LogP contribution is -2.27. The zero-order chi connectivity index (χ0) is 13.8. The molecule has 0 aliphatic heterocycles. The highest BCUT2D eigenvalue weighted by Gasteiger charge is 2.11. The number of nitrogens with zero attached hydrogens (tertiary/aromatic N) is 1. The molecule has 0 saturated heterocycles. The smallest absolute Gasteiger partial charge is 0.231 e. The summed E-state index contributed by atoms with van der Waals surface area (Å²) in [6.45, 7) is 2.03. The molecule has 0 radical (unpaired) electrons. The Kier molecular flexibility index (Phi) is 4.27. The van der Waals surface area contributed by atoms with Crippen molar-refractivity contribution in [3.05, 3.63) is 59.7 Å². The SMILES string of the molecule is Cc1ccc(N(C)C(=O)Cc2ccc(S)cc2)cc1. The monoisotopic (exact) mass is 271 g/mol. The number of thiol groups is 1. The van der Waals surface area contributed by atoms with Gasteiger partial charge in [-0.25, -0.2) is 0 Å². The molecule has 0 aromatic heterocycles. The van der Waals surface area contributed by atoms with Crippen molar-refractivity contribution in [2.75, 3.05) is 11.9 Å². The number of anilines is 1. The van der Waals surface area contributed by atoms with Crippen LogP contribution in [-0.4, -0.2) is 13.0 Å². The highest BCUT2D eigenvalue weighted by molar-refractivity contribution is 7.80. The van der Waals surface area contributed by atoms with Crippen LogP contribution in [0.5, 0.6) is 0 Å². The summed E-state index contributed by atoms with van der Waals surface area (Å²) in [7, 11) is 1.81. The molecular formula is C16H17NOS. The second-order valence-corrected chi connectivity index (χ2v) is 5.15. The van der Waals surface area contributed by atoms with Crippen LogP contribution in [0.2, 0.25) is 0 Å². The van der Waals surface area contributed by atoms with Gasteiger partial charge in [0.05, 0.1) is 6.42 Å². The van der Waals surface area contributed by atoms with E-state index in [1.807, 2.05) is 55.5 Å². The first-order valence-electron chi connectivity index (χ1n) is 6.17. The van der Waals surface area contributed by atoms with Crippen LogP contribution in [0, 0.1) is 6.92 Å².